The van der Waals surface area contributed by atoms with Crippen molar-refractivity contribution in [3.05, 3.63) is 0 Å². The maximum Gasteiger partial charge on any atom is 0.0699 e. The van der Waals surface area contributed by atoms with Gasteiger partial charge in [-0.15, -0.1) is 0 Å². The molecular formula is C7H13BO. The summed E-state index contributed by atoms with van der Waals surface area (Å²) in [5.74, 6) is 0.441. The molecule has 9 heavy (non-hydrogen) atoms. The van der Waals surface area contributed by atoms with Gasteiger partial charge in [0.05, 0.1) is 14.0 Å². The maximum atomic E-state index is 5.70. The van der Waals surface area contributed by atoms with Crippen molar-refractivity contribution < 1.29 is 4.74 Å². The van der Waals surface area contributed by atoms with E-state index in [1.807, 2.05) is 0 Å². The molecule has 0 aromatic rings. The Kier molecular flexibility index (Phi) is 2.58. The van der Waals surface area contributed by atoms with Gasteiger partial charge in [0.2, 0.25) is 0 Å². The molecule has 0 unspecified atom stereocenters. The second-order valence-electron chi connectivity index (χ2n) is 2.77. The molecule has 0 aromatic heterocycles. The minimum atomic E-state index is 0.441. The van der Waals surface area contributed by atoms with Crippen LogP contribution in [0.25, 0.3) is 0 Å². The molecule has 2 radical (unpaired) electrons. The fraction of sp³-hybridized carbons (Fsp3) is 1.00. The third kappa shape index (κ3) is 2.01. The van der Waals surface area contributed by atoms with E-state index >= 15 is 0 Å². The Morgan fingerprint density at radius 3 is 2.22 bits per heavy atom. The molecule has 0 aliphatic heterocycles. The lowest BCUT2D eigenvalue weighted by molar-refractivity contribution is 0.0712. The van der Waals surface area contributed by atoms with Crippen molar-refractivity contribution in [1.82, 2.24) is 0 Å². The van der Waals surface area contributed by atoms with Crippen molar-refractivity contribution in [2.75, 3.05) is 7.11 Å². The second kappa shape index (κ2) is 3.26. The summed E-state index contributed by atoms with van der Waals surface area (Å²) in [6.45, 7) is 0. The van der Waals surface area contributed by atoms with Gasteiger partial charge in [0.15, 0.2) is 0 Å². The van der Waals surface area contributed by atoms with Crippen molar-refractivity contribution in [2.45, 2.75) is 37.6 Å². The van der Waals surface area contributed by atoms with Crippen LogP contribution in [0.5, 0.6) is 0 Å². The minimum Gasteiger partial charge on any atom is -0.381 e. The Bertz CT molecular complexity index is 77.0. The van der Waals surface area contributed by atoms with E-state index in [1.54, 1.807) is 7.11 Å². The molecule has 0 N–H and O–H groups in total. The van der Waals surface area contributed by atoms with E-state index in [0.717, 1.165) is 25.7 Å². The number of hydrogen-bond donors (Lipinski definition) is 0. The van der Waals surface area contributed by atoms with Crippen LogP contribution in [0, 0.1) is 0 Å². The van der Waals surface area contributed by atoms with E-state index in [2.05, 4.69) is 0 Å². The van der Waals surface area contributed by atoms with Crippen LogP contribution >= 0.6 is 0 Å². The SMILES string of the molecule is [B]C1CCC(OC)CC1. The van der Waals surface area contributed by atoms with Crippen LogP contribution in [0.15, 0.2) is 0 Å². The van der Waals surface area contributed by atoms with Crippen LogP contribution in [-0.4, -0.2) is 21.1 Å². The summed E-state index contributed by atoms with van der Waals surface area (Å²) >= 11 is 0. The van der Waals surface area contributed by atoms with Gasteiger partial charge < -0.3 is 4.74 Å². The summed E-state index contributed by atoms with van der Waals surface area (Å²) in [5, 5.41) is 0. The Labute approximate surface area is 58.2 Å². The predicted octanol–water partition coefficient (Wildman–Crippen LogP) is 1.53. The Morgan fingerprint density at radius 1 is 1.22 bits per heavy atom. The normalized spacial score (nSPS) is 36.6. The maximum absolute atomic E-state index is 5.70. The van der Waals surface area contributed by atoms with Crippen molar-refractivity contribution >= 4 is 7.85 Å². The molecule has 1 aliphatic rings. The van der Waals surface area contributed by atoms with E-state index in [-0.39, 0.29) is 0 Å². The topological polar surface area (TPSA) is 9.23 Å². The van der Waals surface area contributed by atoms with Gasteiger partial charge in [-0.3, -0.25) is 0 Å². The number of ether oxygens (including phenoxy) is 1. The molecule has 1 rings (SSSR count). The summed E-state index contributed by atoms with van der Waals surface area (Å²) in [7, 11) is 7.48. The second-order valence-corrected chi connectivity index (χ2v) is 2.77. The van der Waals surface area contributed by atoms with Crippen LogP contribution in [0.2, 0.25) is 5.82 Å². The Hall–Kier alpha value is 0.0249. The lowest BCUT2D eigenvalue weighted by Gasteiger charge is -2.24. The summed E-state index contributed by atoms with van der Waals surface area (Å²) in [4.78, 5) is 0. The molecule has 0 bridgehead atoms. The van der Waals surface area contributed by atoms with E-state index in [0.29, 0.717) is 11.9 Å². The molecule has 0 aromatic carbocycles. The van der Waals surface area contributed by atoms with E-state index < -0.39 is 0 Å². The minimum absolute atomic E-state index is 0.441. The lowest BCUT2D eigenvalue weighted by Crippen LogP contribution is -2.17. The number of rotatable bonds is 1. The van der Waals surface area contributed by atoms with Gasteiger partial charge in [-0.2, -0.15) is 0 Å². The van der Waals surface area contributed by atoms with Crippen LogP contribution in [-0.2, 0) is 4.74 Å². The molecule has 0 amide bonds. The van der Waals surface area contributed by atoms with Crippen LogP contribution in [0.4, 0.5) is 0 Å². The highest BCUT2D eigenvalue weighted by atomic mass is 16.5. The molecule has 50 valence electrons. The fourth-order valence-electron chi connectivity index (χ4n) is 1.32. The average Bonchev–Trinajstić information content (AvgIpc) is 1.90. The molecule has 0 heterocycles. The van der Waals surface area contributed by atoms with Crippen molar-refractivity contribution in [3.63, 3.8) is 0 Å². The summed E-state index contributed by atoms with van der Waals surface area (Å²) in [6.07, 6.45) is 5.07. The van der Waals surface area contributed by atoms with E-state index in [4.69, 9.17) is 12.6 Å². The first-order chi connectivity index (χ1) is 4.33. The van der Waals surface area contributed by atoms with E-state index in [1.165, 1.54) is 0 Å². The lowest BCUT2D eigenvalue weighted by atomic mass is 9.75. The van der Waals surface area contributed by atoms with Crippen LogP contribution in [0.3, 0.4) is 0 Å². The molecule has 2 heteroatoms. The van der Waals surface area contributed by atoms with Gasteiger partial charge in [-0.05, 0) is 12.8 Å². The number of methoxy groups -OCH3 is 1. The number of hydrogen-bond acceptors (Lipinski definition) is 1. The van der Waals surface area contributed by atoms with Gasteiger partial charge in [0.1, 0.15) is 0 Å². The average molecular weight is 124 g/mol. The van der Waals surface area contributed by atoms with Crippen molar-refractivity contribution in [1.29, 1.82) is 0 Å². The monoisotopic (exact) mass is 124 g/mol. The summed E-state index contributed by atoms with van der Waals surface area (Å²) in [5.41, 5.74) is 0. The fourth-order valence-corrected chi connectivity index (χ4v) is 1.32. The summed E-state index contributed by atoms with van der Waals surface area (Å²) < 4.78 is 5.18. The highest BCUT2D eigenvalue weighted by Gasteiger charge is 2.16. The standard InChI is InChI=1S/C7H13BO/c1-9-7-4-2-6(8)3-5-7/h6-7H,2-5H2,1H3. The first-order valence-corrected chi connectivity index (χ1v) is 3.61. The predicted molar refractivity (Wildman–Crippen MR) is 38.8 cm³/mol. The third-order valence-corrected chi connectivity index (χ3v) is 2.05. The van der Waals surface area contributed by atoms with Crippen LogP contribution < -0.4 is 0 Å². The Morgan fingerprint density at radius 2 is 1.78 bits per heavy atom. The van der Waals surface area contributed by atoms with Gasteiger partial charge in [0.25, 0.3) is 0 Å². The first kappa shape index (κ1) is 7.14. The summed E-state index contributed by atoms with van der Waals surface area (Å²) in [6, 6.07) is 0. The molecule has 1 saturated carbocycles. The molecular weight excluding hydrogens is 111 g/mol. The highest BCUT2D eigenvalue weighted by molar-refractivity contribution is 6.11. The molecule has 1 nitrogen and oxygen atoms in total. The third-order valence-electron chi connectivity index (χ3n) is 2.05. The van der Waals surface area contributed by atoms with Gasteiger partial charge in [-0.25, -0.2) is 0 Å². The molecule has 0 spiro atoms. The van der Waals surface area contributed by atoms with Gasteiger partial charge in [0, 0.05) is 7.11 Å². The van der Waals surface area contributed by atoms with Crippen molar-refractivity contribution in [3.8, 4) is 0 Å². The Balaban J connectivity index is 2.18. The first-order valence-electron chi connectivity index (χ1n) is 3.61. The van der Waals surface area contributed by atoms with E-state index in [9.17, 15) is 0 Å². The molecule has 1 fully saturated rings. The van der Waals surface area contributed by atoms with Crippen LogP contribution in [0.1, 0.15) is 25.7 Å². The zero-order valence-corrected chi connectivity index (χ0v) is 5.97. The molecule has 1 aliphatic carbocycles. The zero-order valence-electron chi connectivity index (χ0n) is 5.97. The smallest absolute Gasteiger partial charge is 0.0699 e. The highest BCUT2D eigenvalue weighted by Crippen LogP contribution is 2.27. The largest absolute Gasteiger partial charge is 0.381 e. The molecule has 0 saturated heterocycles. The zero-order chi connectivity index (χ0) is 6.69. The quantitative estimate of drug-likeness (QED) is 0.481. The van der Waals surface area contributed by atoms with Gasteiger partial charge in [-0.1, -0.05) is 18.7 Å². The van der Waals surface area contributed by atoms with Crippen molar-refractivity contribution in [2.24, 2.45) is 0 Å². The molecule has 0 atom stereocenters. The van der Waals surface area contributed by atoms with Gasteiger partial charge >= 0.3 is 0 Å².